The Morgan fingerprint density at radius 3 is 2.68 bits per heavy atom. The first-order valence-corrected chi connectivity index (χ1v) is 8.85. The lowest BCUT2D eigenvalue weighted by atomic mass is 10.2. The molecule has 0 radical (unpaired) electrons. The molecule has 0 aliphatic heterocycles. The van der Waals surface area contributed by atoms with E-state index >= 15 is 0 Å². The number of nitrogens with zero attached hydrogens (tertiary/aromatic N) is 1. The Bertz CT molecular complexity index is 592. The number of halogens is 2. The summed E-state index contributed by atoms with van der Waals surface area (Å²) in [6.07, 6.45) is 2.64. The molecule has 5 nitrogen and oxygen atoms in total. The lowest BCUT2D eigenvalue weighted by molar-refractivity contribution is -0.144. The summed E-state index contributed by atoms with van der Waals surface area (Å²) in [4.78, 5) is 25.3. The third kappa shape index (κ3) is 8.27. The highest BCUT2D eigenvalue weighted by Gasteiger charge is 2.14. The number of hydrogen-bond acceptors (Lipinski definition) is 4. The molecule has 7 heteroatoms. The minimum atomic E-state index is -0.315. The van der Waals surface area contributed by atoms with Gasteiger partial charge in [-0.2, -0.15) is 0 Å². The van der Waals surface area contributed by atoms with Gasteiger partial charge in [0.25, 0.3) is 0 Å². The van der Waals surface area contributed by atoms with E-state index in [1.165, 1.54) is 0 Å². The zero-order chi connectivity index (χ0) is 18.7. The van der Waals surface area contributed by atoms with Gasteiger partial charge >= 0.3 is 5.97 Å². The van der Waals surface area contributed by atoms with Crippen LogP contribution in [0.4, 0.5) is 0 Å². The Morgan fingerprint density at radius 2 is 2.04 bits per heavy atom. The van der Waals surface area contributed by atoms with Gasteiger partial charge in [0.15, 0.2) is 0 Å². The molecule has 0 saturated carbocycles. The number of amides is 1. The molecular formula is C18H23Cl2NO4. The van der Waals surface area contributed by atoms with Gasteiger partial charge in [-0.15, -0.1) is 6.58 Å². The summed E-state index contributed by atoms with van der Waals surface area (Å²) in [7, 11) is 0. The van der Waals surface area contributed by atoms with Crippen molar-refractivity contribution in [2.45, 2.75) is 26.2 Å². The lowest BCUT2D eigenvalue weighted by Gasteiger charge is -2.20. The first-order valence-electron chi connectivity index (χ1n) is 8.10. The summed E-state index contributed by atoms with van der Waals surface area (Å²) in [5, 5.41) is 0.968. The van der Waals surface area contributed by atoms with E-state index < -0.39 is 0 Å². The van der Waals surface area contributed by atoms with E-state index in [1.807, 2.05) is 0 Å². The standard InChI is InChI=1S/C18H23Cl2NO4/c1-3-10-21(11-9-18(23)24-4-2)17(22)6-5-12-25-16-8-7-14(19)13-15(16)20/h3,7-8,13H,1,4-6,9-12H2,2H3. The van der Waals surface area contributed by atoms with E-state index in [9.17, 15) is 9.59 Å². The monoisotopic (exact) mass is 387 g/mol. The maximum atomic E-state index is 12.3. The molecule has 0 heterocycles. The zero-order valence-electron chi connectivity index (χ0n) is 14.3. The zero-order valence-corrected chi connectivity index (χ0v) is 15.8. The Morgan fingerprint density at radius 1 is 1.28 bits per heavy atom. The third-order valence-electron chi connectivity index (χ3n) is 3.28. The summed E-state index contributed by atoms with van der Waals surface area (Å²) >= 11 is 11.8. The van der Waals surface area contributed by atoms with Gasteiger partial charge < -0.3 is 14.4 Å². The molecule has 0 aliphatic carbocycles. The van der Waals surface area contributed by atoms with Crippen molar-refractivity contribution in [1.82, 2.24) is 4.90 Å². The normalized spacial score (nSPS) is 10.2. The van der Waals surface area contributed by atoms with Crippen LogP contribution >= 0.6 is 23.2 Å². The quantitative estimate of drug-likeness (QED) is 0.325. The van der Waals surface area contributed by atoms with Gasteiger partial charge in [0.2, 0.25) is 5.91 Å². The molecule has 1 aromatic rings. The fraction of sp³-hybridized carbons (Fsp3) is 0.444. The molecule has 0 bridgehead atoms. The minimum absolute atomic E-state index is 0.0602. The van der Waals surface area contributed by atoms with Crippen molar-refractivity contribution < 1.29 is 19.1 Å². The molecule has 0 fully saturated rings. The van der Waals surface area contributed by atoms with Crippen LogP contribution in [-0.2, 0) is 14.3 Å². The van der Waals surface area contributed by atoms with Crippen LogP contribution in [0.1, 0.15) is 26.2 Å². The maximum absolute atomic E-state index is 12.3. The molecule has 0 aliphatic rings. The molecule has 1 rings (SSSR count). The summed E-state index contributed by atoms with van der Waals surface area (Å²) in [5.74, 6) is 0.156. The summed E-state index contributed by atoms with van der Waals surface area (Å²) in [6, 6.07) is 4.98. The maximum Gasteiger partial charge on any atom is 0.307 e. The van der Waals surface area contributed by atoms with Gasteiger partial charge in [0.1, 0.15) is 5.75 Å². The lowest BCUT2D eigenvalue weighted by Crippen LogP contribution is -2.33. The van der Waals surface area contributed by atoms with Crippen LogP contribution in [-0.4, -0.2) is 43.1 Å². The van der Waals surface area contributed by atoms with Crippen LogP contribution in [0.3, 0.4) is 0 Å². The molecule has 138 valence electrons. The van der Waals surface area contributed by atoms with Gasteiger partial charge in [0.05, 0.1) is 24.7 Å². The molecule has 0 unspecified atom stereocenters. The number of ether oxygens (including phenoxy) is 2. The number of hydrogen-bond donors (Lipinski definition) is 0. The Labute approximate surface area is 158 Å². The second-order valence-electron chi connectivity index (χ2n) is 5.21. The highest BCUT2D eigenvalue weighted by molar-refractivity contribution is 6.35. The van der Waals surface area contributed by atoms with Crippen molar-refractivity contribution in [3.8, 4) is 5.75 Å². The summed E-state index contributed by atoms with van der Waals surface area (Å²) in [5.41, 5.74) is 0. The minimum Gasteiger partial charge on any atom is -0.492 e. The largest absolute Gasteiger partial charge is 0.492 e. The van der Waals surface area contributed by atoms with Crippen LogP contribution in [0.15, 0.2) is 30.9 Å². The smallest absolute Gasteiger partial charge is 0.307 e. The fourth-order valence-electron chi connectivity index (χ4n) is 2.09. The number of benzene rings is 1. The highest BCUT2D eigenvalue weighted by atomic mass is 35.5. The number of carbonyl (C=O) groups excluding carboxylic acids is 2. The van der Waals surface area contributed by atoms with Gasteiger partial charge in [-0.3, -0.25) is 9.59 Å². The highest BCUT2D eigenvalue weighted by Crippen LogP contribution is 2.27. The van der Waals surface area contributed by atoms with Gasteiger partial charge in [0, 0.05) is 24.5 Å². The van der Waals surface area contributed by atoms with Crippen molar-refractivity contribution in [3.63, 3.8) is 0 Å². The Balaban J connectivity index is 2.38. The van der Waals surface area contributed by atoms with Gasteiger partial charge in [-0.05, 0) is 31.5 Å². The number of esters is 1. The van der Waals surface area contributed by atoms with Crippen LogP contribution in [0.25, 0.3) is 0 Å². The van der Waals surface area contributed by atoms with E-state index in [0.29, 0.717) is 54.9 Å². The number of rotatable bonds is 11. The average Bonchev–Trinajstić information content (AvgIpc) is 2.57. The van der Waals surface area contributed by atoms with Crippen molar-refractivity contribution in [3.05, 3.63) is 40.9 Å². The fourth-order valence-corrected chi connectivity index (χ4v) is 2.55. The molecule has 0 atom stereocenters. The molecular weight excluding hydrogens is 365 g/mol. The molecule has 0 spiro atoms. The Kier molecular flexibility index (Phi) is 10.0. The van der Waals surface area contributed by atoms with E-state index in [4.69, 9.17) is 32.7 Å². The van der Waals surface area contributed by atoms with Gasteiger partial charge in [-0.25, -0.2) is 0 Å². The van der Waals surface area contributed by atoms with E-state index in [0.717, 1.165) is 0 Å². The van der Waals surface area contributed by atoms with E-state index in [-0.39, 0.29) is 18.3 Å². The summed E-state index contributed by atoms with van der Waals surface area (Å²) < 4.78 is 10.4. The second kappa shape index (κ2) is 11.8. The van der Waals surface area contributed by atoms with Crippen LogP contribution in [0.2, 0.25) is 10.0 Å². The van der Waals surface area contributed by atoms with E-state index in [1.54, 1.807) is 36.1 Å². The number of carbonyl (C=O) groups is 2. The van der Waals surface area contributed by atoms with Crippen molar-refractivity contribution in [1.29, 1.82) is 0 Å². The Hall–Kier alpha value is -1.72. The predicted octanol–water partition coefficient (Wildman–Crippen LogP) is 4.12. The molecule has 0 N–H and O–H groups in total. The van der Waals surface area contributed by atoms with Crippen molar-refractivity contribution >= 4 is 35.1 Å². The SMILES string of the molecule is C=CCN(CCC(=O)OCC)C(=O)CCCOc1ccc(Cl)cc1Cl. The molecule has 1 amide bonds. The van der Waals surface area contributed by atoms with Crippen molar-refractivity contribution in [2.24, 2.45) is 0 Å². The first kappa shape index (κ1) is 21.3. The van der Waals surface area contributed by atoms with Gasteiger partial charge in [-0.1, -0.05) is 29.3 Å². The van der Waals surface area contributed by atoms with Crippen LogP contribution in [0, 0.1) is 0 Å². The molecule has 25 heavy (non-hydrogen) atoms. The molecule has 1 aromatic carbocycles. The molecule has 0 saturated heterocycles. The first-order chi connectivity index (χ1) is 12.0. The average molecular weight is 388 g/mol. The van der Waals surface area contributed by atoms with Crippen molar-refractivity contribution in [2.75, 3.05) is 26.3 Å². The topological polar surface area (TPSA) is 55.8 Å². The van der Waals surface area contributed by atoms with E-state index in [2.05, 4.69) is 6.58 Å². The molecule has 0 aromatic heterocycles. The summed E-state index contributed by atoms with van der Waals surface area (Å²) in [6.45, 7) is 6.78. The predicted molar refractivity (Wildman–Crippen MR) is 99.2 cm³/mol. The van der Waals surface area contributed by atoms with Crippen LogP contribution in [0.5, 0.6) is 5.75 Å². The third-order valence-corrected chi connectivity index (χ3v) is 3.81. The van der Waals surface area contributed by atoms with Crippen LogP contribution < -0.4 is 4.74 Å². The second-order valence-corrected chi connectivity index (χ2v) is 6.05.